The molecule has 0 aromatic rings. The minimum Gasteiger partial charge on any atom is -0.306 e. The third-order valence-corrected chi connectivity index (χ3v) is 6.59. The molecule has 1 rings (SSSR count). The zero-order valence-corrected chi connectivity index (χ0v) is 16.9. The predicted octanol–water partition coefficient (Wildman–Crippen LogP) is 6.18. The molecule has 0 aromatic heterocycles. The van der Waals surface area contributed by atoms with Crippen LogP contribution in [0.3, 0.4) is 0 Å². The Kier molecular flexibility index (Phi) is 14.2. The van der Waals surface area contributed by atoms with Crippen LogP contribution in [0.15, 0.2) is 0 Å². The zero-order valence-electron chi connectivity index (χ0n) is 16.0. The molecule has 0 amide bonds. The van der Waals surface area contributed by atoms with Gasteiger partial charge in [0, 0.05) is 13.1 Å². The number of hydrogen-bond acceptors (Lipinski definition) is 2. The van der Waals surface area contributed by atoms with Gasteiger partial charge in [0.1, 0.15) is 0 Å². The molecule has 4 nitrogen and oxygen atoms in total. The van der Waals surface area contributed by atoms with E-state index in [0.717, 1.165) is 25.9 Å². The van der Waals surface area contributed by atoms with E-state index in [2.05, 4.69) is 17.1 Å². The average molecular weight is 361 g/mol. The first-order valence-corrected chi connectivity index (χ1v) is 12.1. The SMILES string of the molecule is CCCCCCCCCCCCCCCCOP1(=O)NCCCN1. The van der Waals surface area contributed by atoms with Crippen LogP contribution in [0.25, 0.3) is 0 Å². The van der Waals surface area contributed by atoms with Gasteiger partial charge in [-0.15, -0.1) is 0 Å². The van der Waals surface area contributed by atoms with E-state index in [9.17, 15) is 4.57 Å². The fourth-order valence-corrected chi connectivity index (χ4v) is 4.76. The summed E-state index contributed by atoms with van der Waals surface area (Å²) in [6, 6.07) is 0. The van der Waals surface area contributed by atoms with Crippen LogP contribution in [-0.2, 0) is 9.09 Å². The smallest absolute Gasteiger partial charge is 0.306 e. The molecule has 1 aliphatic heterocycles. The number of hydrogen-bond donors (Lipinski definition) is 2. The summed E-state index contributed by atoms with van der Waals surface area (Å²) >= 11 is 0. The molecule has 0 aromatic carbocycles. The second-order valence-electron chi connectivity index (χ2n) is 7.15. The third kappa shape index (κ3) is 12.5. The molecule has 0 saturated carbocycles. The molecule has 2 N–H and O–H groups in total. The van der Waals surface area contributed by atoms with Crippen molar-refractivity contribution in [3.05, 3.63) is 0 Å². The normalized spacial score (nSPS) is 17.2. The maximum atomic E-state index is 12.1. The highest BCUT2D eigenvalue weighted by Crippen LogP contribution is 2.38. The van der Waals surface area contributed by atoms with Crippen LogP contribution in [0, 0.1) is 0 Å². The Bertz CT molecular complexity index is 316. The molecule has 24 heavy (non-hydrogen) atoms. The van der Waals surface area contributed by atoms with E-state index in [0.29, 0.717) is 6.61 Å². The Morgan fingerprint density at radius 2 is 1.12 bits per heavy atom. The Balaban J connectivity index is 1.74. The van der Waals surface area contributed by atoms with Gasteiger partial charge in [0.2, 0.25) is 0 Å². The maximum Gasteiger partial charge on any atom is 0.340 e. The molecule has 0 aliphatic carbocycles. The molecule has 0 atom stereocenters. The highest BCUT2D eigenvalue weighted by Gasteiger charge is 2.24. The van der Waals surface area contributed by atoms with E-state index in [4.69, 9.17) is 4.52 Å². The molecule has 144 valence electrons. The van der Waals surface area contributed by atoms with Gasteiger partial charge in [-0.1, -0.05) is 90.4 Å². The zero-order chi connectivity index (χ0) is 17.3. The fourth-order valence-electron chi connectivity index (χ4n) is 3.18. The molecule has 0 spiro atoms. The van der Waals surface area contributed by atoms with Crippen molar-refractivity contribution in [1.29, 1.82) is 0 Å². The topological polar surface area (TPSA) is 50.4 Å². The van der Waals surface area contributed by atoms with Crippen molar-refractivity contribution in [2.24, 2.45) is 0 Å². The van der Waals surface area contributed by atoms with E-state index in [1.54, 1.807) is 0 Å². The lowest BCUT2D eigenvalue weighted by atomic mass is 10.0. The quantitative estimate of drug-likeness (QED) is 0.255. The van der Waals surface area contributed by atoms with Crippen molar-refractivity contribution >= 4 is 7.67 Å². The highest BCUT2D eigenvalue weighted by molar-refractivity contribution is 7.54. The summed E-state index contributed by atoms with van der Waals surface area (Å²) < 4.78 is 17.6. The Labute approximate surface area is 150 Å². The van der Waals surface area contributed by atoms with Crippen molar-refractivity contribution in [3.63, 3.8) is 0 Å². The molecule has 1 fully saturated rings. The van der Waals surface area contributed by atoms with Crippen molar-refractivity contribution in [3.8, 4) is 0 Å². The Morgan fingerprint density at radius 3 is 1.58 bits per heavy atom. The second kappa shape index (κ2) is 15.4. The molecule has 0 bridgehead atoms. The second-order valence-corrected chi connectivity index (χ2v) is 9.14. The standard InChI is InChI=1S/C19H41N2O2P/c1-2-3-4-5-6-7-8-9-10-11-12-13-14-15-19-23-24(22)20-17-16-18-21-24/h2-19H2,1H3,(H2,20,21,22). The maximum absolute atomic E-state index is 12.1. The van der Waals surface area contributed by atoms with Gasteiger partial charge in [-0.05, 0) is 12.8 Å². The van der Waals surface area contributed by atoms with Gasteiger partial charge in [-0.25, -0.2) is 10.2 Å². The van der Waals surface area contributed by atoms with Gasteiger partial charge in [-0.2, -0.15) is 0 Å². The summed E-state index contributed by atoms with van der Waals surface area (Å²) in [5, 5.41) is 5.93. The lowest BCUT2D eigenvalue weighted by molar-refractivity contribution is 0.282. The fraction of sp³-hybridized carbons (Fsp3) is 1.00. The minimum absolute atomic E-state index is 0.606. The van der Waals surface area contributed by atoms with Gasteiger partial charge in [0.05, 0.1) is 6.61 Å². The van der Waals surface area contributed by atoms with Gasteiger partial charge in [0.25, 0.3) is 0 Å². The largest absolute Gasteiger partial charge is 0.340 e. The first-order valence-electron chi connectivity index (χ1n) is 10.5. The molecule has 0 unspecified atom stereocenters. The number of nitrogens with one attached hydrogen (secondary N) is 2. The molecule has 0 radical (unpaired) electrons. The van der Waals surface area contributed by atoms with Crippen LogP contribution in [0.2, 0.25) is 0 Å². The van der Waals surface area contributed by atoms with Crippen molar-refractivity contribution in [2.75, 3.05) is 19.7 Å². The summed E-state index contributed by atoms with van der Waals surface area (Å²) in [7, 11) is -2.70. The summed E-state index contributed by atoms with van der Waals surface area (Å²) in [4.78, 5) is 0. The predicted molar refractivity (Wildman–Crippen MR) is 104 cm³/mol. The van der Waals surface area contributed by atoms with E-state index in [1.807, 2.05) is 0 Å². The van der Waals surface area contributed by atoms with Crippen molar-refractivity contribution in [2.45, 2.75) is 103 Å². The van der Waals surface area contributed by atoms with Crippen molar-refractivity contribution < 1.29 is 9.09 Å². The summed E-state index contributed by atoms with van der Waals surface area (Å²) in [6.45, 7) is 4.47. The van der Waals surface area contributed by atoms with Crippen LogP contribution in [-0.4, -0.2) is 19.7 Å². The van der Waals surface area contributed by atoms with Crippen LogP contribution in [0.1, 0.15) is 103 Å². The van der Waals surface area contributed by atoms with E-state index in [1.165, 1.54) is 83.5 Å². The average Bonchev–Trinajstić information content (AvgIpc) is 2.59. The van der Waals surface area contributed by atoms with Gasteiger partial charge in [0.15, 0.2) is 0 Å². The van der Waals surface area contributed by atoms with Crippen LogP contribution in [0.5, 0.6) is 0 Å². The highest BCUT2D eigenvalue weighted by atomic mass is 31.2. The van der Waals surface area contributed by atoms with Crippen LogP contribution in [0.4, 0.5) is 0 Å². The van der Waals surface area contributed by atoms with E-state index >= 15 is 0 Å². The molecular weight excluding hydrogens is 319 g/mol. The lowest BCUT2D eigenvalue weighted by Crippen LogP contribution is -2.32. The van der Waals surface area contributed by atoms with Gasteiger partial charge in [-0.3, -0.25) is 4.57 Å². The van der Waals surface area contributed by atoms with E-state index < -0.39 is 7.67 Å². The van der Waals surface area contributed by atoms with E-state index in [-0.39, 0.29) is 0 Å². The summed E-state index contributed by atoms with van der Waals surface area (Å²) in [5.74, 6) is 0. The molecule has 5 heteroatoms. The third-order valence-electron chi connectivity index (χ3n) is 4.76. The van der Waals surface area contributed by atoms with Crippen molar-refractivity contribution in [1.82, 2.24) is 10.2 Å². The minimum atomic E-state index is -2.70. The van der Waals surface area contributed by atoms with Crippen LogP contribution >= 0.6 is 7.67 Å². The molecular formula is C19H41N2O2P. The van der Waals surface area contributed by atoms with Gasteiger partial charge < -0.3 is 4.52 Å². The molecule has 1 aliphatic rings. The lowest BCUT2D eigenvalue weighted by Gasteiger charge is -2.24. The molecule has 1 heterocycles. The Hall–Kier alpha value is 0.110. The first-order chi connectivity index (χ1) is 11.8. The summed E-state index contributed by atoms with van der Waals surface area (Å²) in [5.41, 5.74) is 0. The Morgan fingerprint density at radius 1 is 0.708 bits per heavy atom. The monoisotopic (exact) mass is 360 g/mol. The molecule has 1 saturated heterocycles. The first kappa shape index (κ1) is 22.2. The van der Waals surface area contributed by atoms with Crippen LogP contribution < -0.4 is 10.2 Å². The number of unbranched alkanes of at least 4 members (excludes halogenated alkanes) is 13. The summed E-state index contributed by atoms with van der Waals surface area (Å²) in [6.07, 6.45) is 20.0. The number of rotatable bonds is 16. The van der Waals surface area contributed by atoms with Gasteiger partial charge >= 0.3 is 7.67 Å².